The lowest BCUT2D eigenvalue weighted by atomic mass is 10.0. The molecule has 31 heavy (non-hydrogen) atoms. The summed E-state index contributed by atoms with van der Waals surface area (Å²) in [5, 5.41) is 4.71. The summed E-state index contributed by atoms with van der Waals surface area (Å²) in [6.45, 7) is 3.64. The van der Waals surface area contributed by atoms with E-state index in [-0.39, 0.29) is 18.1 Å². The molecular weight excluding hydrogens is 386 g/mol. The van der Waals surface area contributed by atoms with Crippen molar-refractivity contribution in [2.75, 3.05) is 5.32 Å². The van der Waals surface area contributed by atoms with Crippen molar-refractivity contribution in [2.24, 2.45) is 0 Å². The van der Waals surface area contributed by atoms with Gasteiger partial charge in [-0.1, -0.05) is 43.3 Å². The molecule has 2 aromatic carbocycles. The molecule has 0 saturated heterocycles. The highest BCUT2D eigenvalue weighted by molar-refractivity contribution is 6.07. The number of para-hydroxylation sites is 1. The number of nitrogens with zero attached hydrogens (tertiary/aromatic N) is 2. The number of benzene rings is 2. The standard InChI is InChI=1S/C26H23N3O2/c1-3-18-7-6-9-21(14-18)25-22-16-27-12-11-19(22)15-24(28-25)26(31)29-23-10-5-4-8-20(23)13-17(2)30/h4-12,14-16H,3,13H2,1-2H3,(H,29,31). The summed E-state index contributed by atoms with van der Waals surface area (Å²) < 4.78 is 0. The number of anilines is 1. The van der Waals surface area contributed by atoms with Crippen molar-refractivity contribution >= 4 is 28.2 Å². The fourth-order valence-corrected chi connectivity index (χ4v) is 3.62. The van der Waals surface area contributed by atoms with Crippen LogP contribution >= 0.6 is 0 Å². The summed E-state index contributed by atoms with van der Waals surface area (Å²) in [5.41, 5.74) is 4.59. The van der Waals surface area contributed by atoms with E-state index in [1.165, 1.54) is 12.5 Å². The number of nitrogens with one attached hydrogen (secondary N) is 1. The molecule has 0 aliphatic heterocycles. The number of fused-ring (bicyclic) bond motifs is 1. The zero-order valence-electron chi connectivity index (χ0n) is 17.6. The van der Waals surface area contributed by atoms with Crippen LogP contribution in [-0.2, 0) is 17.6 Å². The molecule has 0 bridgehead atoms. The van der Waals surface area contributed by atoms with Crippen LogP contribution < -0.4 is 5.32 Å². The number of pyridine rings is 2. The van der Waals surface area contributed by atoms with Crippen molar-refractivity contribution in [3.05, 3.63) is 89.9 Å². The summed E-state index contributed by atoms with van der Waals surface area (Å²) in [6.07, 6.45) is 4.66. The summed E-state index contributed by atoms with van der Waals surface area (Å²) in [5.74, 6) is -0.279. The van der Waals surface area contributed by atoms with E-state index < -0.39 is 0 Å². The molecule has 0 radical (unpaired) electrons. The fraction of sp³-hybridized carbons (Fsp3) is 0.154. The smallest absolute Gasteiger partial charge is 0.274 e. The monoisotopic (exact) mass is 409 g/mol. The third-order valence-electron chi connectivity index (χ3n) is 5.18. The summed E-state index contributed by atoms with van der Waals surface area (Å²) in [7, 11) is 0. The Morgan fingerprint density at radius 1 is 1.00 bits per heavy atom. The molecule has 5 nitrogen and oxygen atoms in total. The second-order valence-electron chi connectivity index (χ2n) is 7.50. The average molecular weight is 409 g/mol. The first-order valence-electron chi connectivity index (χ1n) is 10.3. The van der Waals surface area contributed by atoms with Crippen molar-refractivity contribution in [1.82, 2.24) is 9.97 Å². The summed E-state index contributed by atoms with van der Waals surface area (Å²) in [6, 6.07) is 19.2. The molecule has 154 valence electrons. The first-order chi connectivity index (χ1) is 15.0. The normalized spacial score (nSPS) is 10.8. The number of amides is 1. The van der Waals surface area contributed by atoms with E-state index in [0.29, 0.717) is 11.4 Å². The third kappa shape index (κ3) is 4.51. The molecule has 1 N–H and O–H groups in total. The number of hydrogen-bond acceptors (Lipinski definition) is 4. The Bertz CT molecular complexity index is 1280. The number of carbonyl (C=O) groups excluding carboxylic acids is 2. The maximum Gasteiger partial charge on any atom is 0.274 e. The number of aryl methyl sites for hydroxylation is 1. The Balaban J connectivity index is 1.77. The SMILES string of the molecule is CCc1cccc(-c2nc(C(=O)Nc3ccccc3CC(C)=O)cc3ccncc23)c1. The predicted molar refractivity (Wildman–Crippen MR) is 123 cm³/mol. The number of hydrogen-bond donors (Lipinski definition) is 1. The molecule has 0 aliphatic rings. The number of Topliss-reactive ketones (excluding diaryl/α,β-unsaturated/α-hetero) is 1. The van der Waals surface area contributed by atoms with E-state index in [1.54, 1.807) is 24.5 Å². The van der Waals surface area contributed by atoms with Crippen LogP contribution in [0.3, 0.4) is 0 Å². The molecule has 0 spiro atoms. The number of rotatable bonds is 6. The molecule has 2 aromatic heterocycles. The number of carbonyl (C=O) groups is 2. The topological polar surface area (TPSA) is 72.0 Å². The zero-order valence-corrected chi connectivity index (χ0v) is 17.6. The molecular formula is C26H23N3O2. The second kappa shape index (κ2) is 8.88. The van der Waals surface area contributed by atoms with Crippen LogP contribution in [0.5, 0.6) is 0 Å². The minimum atomic E-state index is -0.317. The number of aromatic nitrogens is 2. The third-order valence-corrected chi connectivity index (χ3v) is 5.18. The minimum Gasteiger partial charge on any atom is -0.320 e. The van der Waals surface area contributed by atoms with Crippen LogP contribution in [-0.4, -0.2) is 21.7 Å². The molecule has 0 saturated carbocycles. The van der Waals surface area contributed by atoms with Gasteiger partial charge in [0.1, 0.15) is 11.5 Å². The second-order valence-corrected chi connectivity index (χ2v) is 7.50. The zero-order chi connectivity index (χ0) is 21.8. The Morgan fingerprint density at radius 2 is 1.84 bits per heavy atom. The summed E-state index contributed by atoms with van der Waals surface area (Å²) >= 11 is 0. The van der Waals surface area contributed by atoms with Gasteiger partial charge in [-0.25, -0.2) is 4.98 Å². The van der Waals surface area contributed by atoms with E-state index in [2.05, 4.69) is 29.4 Å². The Hall–Kier alpha value is -3.86. The van der Waals surface area contributed by atoms with E-state index in [9.17, 15) is 9.59 Å². The van der Waals surface area contributed by atoms with Crippen LogP contribution in [0.4, 0.5) is 5.69 Å². The molecule has 0 unspecified atom stereocenters. The summed E-state index contributed by atoms with van der Waals surface area (Å²) in [4.78, 5) is 33.7. The van der Waals surface area contributed by atoms with E-state index in [0.717, 1.165) is 34.0 Å². The largest absolute Gasteiger partial charge is 0.320 e. The lowest BCUT2D eigenvalue weighted by Crippen LogP contribution is -2.16. The van der Waals surface area contributed by atoms with Gasteiger partial charge in [-0.2, -0.15) is 0 Å². The van der Waals surface area contributed by atoms with E-state index in [1.807, 2.05) is 36.4 Å². The molecule has 0 aliphatic carbocycles. The molecule has 4 rings (SSSR count). The molecule has 1 amide bonds. The lowest BCUT2D eigenvalue weighted by molar-refractivity contribution is -0.116. The fourth-order valence-electron chi connectivity index (χ4n) is 3.62. The van der Waals surface area contributed by atoms with Crippen molar-refractivity contribution in [3.8, 4) is 11.3 Å². The average Bonchev–Trinajstić information content (AvgIpc) is 2.79. The van der Waals surface area contributed by atoms with Crippen molar-refractivity contribution < 1.29 is 9.59 Å². The van der Waals surface area contributed by atoms with Crippen LogP contribution in [0, 0.1) is 0 Å². The maximum atomic E-state index is 13.1. The quantitative estimate of drug-likeness (QED) is 0.472. The number of ketones is 1. The van der Waals surface area contributed by atoms with Gasteiger partial charge in [-0.05, 0) is 54.1 Å². The van der Waals surface area contributed by atoms with Crippen LogP contribution in [0.15, 0.2) is 73.1 Å². The minimum absolute atomic E-state index is 0.0381. The Labute approximate surface area is 181 Å². The van der Waals surface area contributed by atoms with Crippen LogP contribution in [0.2, 0.25) is 0 Å². The van der Waals surface area contributed by atoms with Gasteiger partial charge in [-0.3, -0.25) is 14.6 Å². The molecule has 0 fully saturated rings. The molecule has 0 atom stereocenters. The highest BCUT2D eigenvalue weighted by atomic mass is 16.2. The maximum absolute atomic E-state index is 13.1. The highest BCUT2D eigenvalue weighted by Crippen LogP contribution is 2.28. The van der Waals surface area contributed by atoms with E-state index in [4.69, 9.17) is 4.98 Å². The van der Waals surface area contributed by atoms with Crippen molar-refractivity contribution in [2.45, 2.75) is 26.7 Å². The van der Waals surface area contributed by atoms with E-state index >= 15 is 0 Å². The predicted octanol–water partition coefficient (Wildman–Crippen LogP) is 5.24. The van der Waals surface area contributed by atoms with Gasteiger partial charge in [0.15, 0.2) is 0 Å². The van der Waals surface area contributed by atoms with Gasteiger partial charge in [0, 0.05) is 35.5 Å². The van der Waals surface area contributed by atoms with Crippen molar-refractivity contribution in [3.63, 3.8) is 0 Å². The lowest BCUT2D eigenvalue weighted by Gasteiger charge is -2.12. The van der Waals surface area contributed by atoms with Gasteiger partial charge in [-0.15, -0.1) is 0 Å². The van der Waals surface area contributed by atoms with Gasteiger partial charge >= 0.3 is 0 Å². The molecule has 5 heteroatoms. The molecule has 4 aromatic rings. The molecule has 2 heterocycles. The Morgan fingerprint density at radius 3 is 2.65 bits per heavy atom. The van der Waals surface area contributed by atoms with Gasteiger partial charge in [0.25, 0.3) is 5.91 Å². The highest BCUT2D eigenvalue weighted by Gasteiger charge is 2.16. The van der Waals surface area contributed by atoms with Crippen LogP contribution in [0.25, 0.3) is 22.0 Å². The first-order valence-corrected chi connectivity index (χ1v) is 10.3. The van der Waals surface area contributed by atoms with Crippen molar-refractivity contribution in [1.29, 1.82) is 0 Å². The Kier molecular flexibility index (Phi) is 5.85. The van der Waals surface area contributed by atoms with Gasteiger partial charge < -0.3 is 5.32 Å². The van der Waals surface area contributed by atoms with Crippen LogP contribution in [0.1, 0.15) is 35.5 Å². The van der Waals surface area contributed by atoms with Gasteiger partial charge in [0.2, 0.25) is 0 Å². The first kappa shape index (κ1) is 20.4. The van der Waals surface area contributed by atoms with Gasteiger partial charge in [0.05, 0.1) is 5.69 Å².